The van der Waals surface area contributed by atoms with Crippen LogP contribution in [0, 0.1) is 6.92 Å². The summed E-state index contributed by atoms with van der Waals surface area (Å²) in [5.74, 6) is 1.04. The van der Waals surface area contributed by atoms with Crippen LogP contribution in [-0.2, 0) is 13.6 Å². The summed E-state index contributed by atoms with van der Waals surface area (Å²) in [4.78, 5) is 30.8. The number of benzene rings is 1. The summed E-state index contributed by atoms with van der Waals surface area (Å²) in [7, 11) is 1.51. The van der Waals surface area contributed by atoms with Gasteiger partial charge in [0.1, 0.15) is 18.5 Å². The van der Waals surface area contributed by atoms with Gasteiger partial charge in [-0.1, -0.05) is 30.0 Å². The fourth-order valence-electron chi connectivity index (χ4n) is 2.80. The molecule has 10 heteroatoms. The highest BCUT2D eigenvalue weighted by Gasteiger charge is 2.20. The van der Waals surface area contributed by atoms with Crippen LogP contribution in [-0.4, -0.2) is 54.4 Å². The van der Waals surface area contributed by atoms with Crippen molar-refractivity contribution in [3.8, 4) is 5.75 Å². The molecular formula is C18H22N4O5S. The number of fused-ring (bicyclic) bond motifs is 1. The number of ether oxygens (including phenoxy) is 1. The highest BCUT2D eigenvalue weighted by Crippen LogP contribution is 2.22. The van der Waals surface area contributed by atoms with Crippen molar-refractivity contribution in [2.24, 2.45) is 7.05 Å². The van der Waals surface area contributed by atoms with Crippen LogP contribution in [0.2, 0.25) is 0 Å². The van der Waals surface area contributed by atoms with Crippen LogP contribution in [0.3, 0.4) is 0 Å². The van der Waals surface area contributed by atoms with Crippen molar-refractivity contribution < 1.29 is 14.9 Å². The van der Waals surface area contributed by atoms with E-state index in [1.54, 1.807) is 4.57 Å². The minimum absolute atomic E-state index is 0.0261. The van der Waals surface area contributed by atoms with Crippen LogP contribution in [0.5, 0.6) is 5.75 Å². The van der Waals surface area contributed by atoms with Gasteiger partial charge in [-0.25, -0.2) is 9.78 Å². The molecule has 0 saturated carbocycles. The van der Waals surface area contributed by atoms with Crippen molar-refractivity contribution in [2.75, 3.05) is 19.0 Å². The molecule has 9 nitrogen and oxygen atoms in total. The molecule has 0 saturated heterocycles. The Bertz CT molecular complexity index is 1090. The molecule has 0 radical (unpaired) electrons. The minimum atomic E-state index is -0.915. The van der Waals surface area contributed by atoms with Gasteiger partial charge in [-0.15, -0.1) is 0 Å². The first kappa shape index (κ1) is 20.2. The zero-order chi connectivity index (χ0) is 20.3. The number of hydrogen-bond donors (Lipinski definition) is 3. The molecule has 3 N–H and O–H groups in total. The van der Waals surface area contributed by atoms with E-state index >= 15 is 0 Å². The van der Waals surface area contributed by atoms with E-state index in [0.717, 1.165) is 5.56 Å². The van der Waals surface area contributed by atoms with Crippen molar-refractivity contribution >= 4 is 22.9 Å². The second-order valence-corrected chi connectivity index (χ2v) is 7.36. The molecule has 1 aromatic carbocycles. The average molecular weight is 406 g/mol. The zero-order valence-corrected chi connectivity index (χ0v) is 16.4. The zero-order valence-electron chi connectivity index (χ0n) is 15.6. The van der Waals surface area contributed by atoms with E-state index in [9.17, 15) is 14.7 Å². The number of imidazole rings is 1. The lowest BCUT2D eigenvalue weighted by Gasteiger charge is -2.16. The molecule has 1 atom stereocenters. The maximum atomic E-state index is 12.4. The third-order valence-corrected chi connectivity index (χ3v) is 5.17. The number of para-hydroxylation sites is 1. The molecule has 0 unspecified atom stereocenters. The summed E-state index contributed by atoms with van der Waals surface area (Å²) in [6.07, 6.45) is -0.915. The molecule has 0 bridgehead atoms. The van der Waals surface area contributed by atoms with Crippen LogP contribution in [0.25, 0.3) is 11.2 Å². The molecular weight excluding hydrogens is 384 g/mol. The van der Waals surface area contributed by atoms with Gasteiger partial charge in [-0.2, -0.15) is 0 Å². The first-order valence-corrected chi connectivity index (χ1v) is 9.70. The standard InChI is InChI=1S/C18H22N4O5S/c1-11-5-3-4-6-13(11)27-10-12(24)9-22-14-15(19-18(22)28-8-7-23)21(2)17(26)20-16(14)25/h3-6,12,23-24H,7-10H2,1-2H3,(H,20,25,26)/t12-/m1/s1. The van der Waals surface area contributed by atoms with Gasteiger partial charge in [0.2, 0.25) is 0 Å². The molecule has 3 rings (SSSR count). The third kappa shape index (κ3) is 4.13. The number of rotatable bonds is 8. The Morgan fingerprint density at radius 2 is 2.07 bits per heavy atom. The highest BCUT2D eigenvalue weighted by atomic mass is 32.2. The lowest BCUT2D eigenvalue weighted by atomic mass is 10.2. The van der Waals surface area contributed by atoms with Crippen LogP contribution in [0.15, 0.2) is 39.0 Å². The maximum Gasteiger partial charge on any atom is 0.329 e. The van der Waals surface area contributed by atoms with Crippen LogP contribution >= 0.6 is 11.8 Å². The van der Waals surface area contributed by atoms with E-state index < -0.39 is 17.4 Å². The third-order valence-electron chi connectivity index (χ3n) is 4.21. The summed E-state index contributed by atoms with van der Waals surface area (Å²) in [6.45, 7) is 1.92. The van der Waals surface area contributed by atoms with Crippen molar-refractivity contribution in [1.29, 1.82) is 0 Å². The van der Waals surface area contributed by atoms with E-state index in [0.29, 0.717) is 16.7 Å². The van der Waals surface area contributed by atoms with E-state index in [1.165, 1.54) is 23.4 Å². The number of aliphatic hydroxyl groups is 2. The normalized spacial score (nSPS) is 12.4. The number of aromatic nitrogens is 4. The van der Waals surface area contributed by atoms with Crippen molar-refractivity contribution in [2.45, 2.75) is 24.7 Å². The Hall–Kier alpha value is -2.56. The molecule has 0 spiro atoms. The van der Waals surface area contributed by atoms with E-state index in [2.05, 4.69) is 9.97 Å². The molecule has 0 aliphatic rings. The van der Waals surface area contributed by atoms with Gasteiger partial charge in [-0.05, 0) is 18.6 Å². The molecule has 28 heavy (non-hydrogen) atoms. The van der Waals surface area contributed by atoms with Crippen molar-refractivity contribution in [3.05, 3.63) is 50.7 Å². The molecule has 150 valence electrons. The summed E-state index contributed by atoms with van der Waals surface area (Å²) < 4.78 is 8.48. The van der Waals surface area contributed by atoms with Gasteiger partial charge in [0.05, 0.1) is 13.2 Å². The molecule has 0 aliphatic carbocycles. The number of H-pyrrole nitrogens is 1. The Labute approximate surface area is 164 Å². The Kier molecular flexibility index (Phi) is 6.22. The molecule has 3 aromatic rings. The molecule has 0 aliphatic heterocycles. The van der Waals surface area contributed by atoms with Crippen LogP contribution in [0.1, 0.15) is 5.56 Å². The van der Waals surface area contributed by atoms with Crippen LogP contribution < -0.4 is 16.0 Å². The fraction of sp³-hybridized carbons (Fsp3) is 0.389. The van der Waals surface area contributed by atoms with E-state index in [4.69, 9.17) is 9.84 Å². The topological polar surface area (TPSA) is 122 Å². The first-order chi connectivity index (χ1) is 13.4. The van der Waals surface area contributed by atoms with Crippen molar-refractivity contribution in [1.82, 2.24) is 19.1 Å². The quantitative estimate of drug-likeness (QED) is 0.459. The van der Waals surface area contributed by atoms with Gasteiger partial charge in [-0.3, -0.25) is 14.3 Å². The second kappa shape index (κ2) is 8.63. The first-order valence-electron chi connectivity index (χ1n) is 8.72. The number of aliphatic hydroxyl groups excluding tert-OH is 2. The predicted molar refractivity (Wildman–Crippen MR) is 106 cm³/mol. The van der Waals surface area contributed by atoms with Gasteiger partial charge < -0.3 is 19.5 Å². The lowest BCUT2D eigenvalue weighted by Crippen LogP contribution is -2.30. The Balaban J connectivity index is 1.90. The number of hydrogen-bond acceptors (Lipinski definition) is 7. The smallest absolute Gasteiger partial charge is 0.329 e. The molecule has 2 aromatic heterocycles. The van der Waals surface area contributed by atoms with Crippen LogP contribution in [0.4, 0.5) is 0 Å². The lowest BCUT2D eigenvalue weighted by molar-refractivity contribution is 0.0910. The summed E-state index contributed by atoms with van der Waals surface area (Å²) in [5.41, 5.74) is 0.227. The number of thioether (sulfide) groups is 1. The minimum Gasteiger partial charge on any atom is -0.491 e. The SMILES string of the molecule is Cc1ccccc1OC[C@H](O)Cn1c(SCCO)nc2c1c(=O)[nH]c(=O)n2C. The van der Waals surface area contributed by atoms with E-state index in [1.807, 2.05) is 31.2 Å². The Morgan fingerprint density at radius 3 is 2.79 bits per heavy atom. The number of aryl methyl sites for hydroxylation is 2. The number of nitrogens with zero attached hydrogens (tertiary/aromatic N) is 3. The number of aromatic amines is 1. The molecule has 0 fully saturated rings. The second-order valence-electron chi connectivity index (χ2n) is 6.30. The van der Waals surface area contributed by atoms with Gasteiger partial charge in [0.15, 0.2) is 16.3 Å². The van der Waals surface area contributed by atoms with Crippen molar-refractivity contribution in [3.63, 3.8) is 0 Å². The Morgan fingerprint density at radius 1 is 1.32 bits per heavy atom. The van der Waals surface area contributed by atoms with Gasteiger partial charge in [0, 0.05) is 12.8 Å². The summed E-state index contributed by atoms with van der Waals surface area (Å²) >= 11 is 1.24. The summed E-state index contributed by atoms with van der Waals surface area (Å²) in [6, 6.07) is 7.48. The fourth-order valence-corrected chi connectivity index (χ4v) is 3.55. The largest absolute Gasteiger partial charge is 0.491 e. The highest BCUT2D eigenvalue weighted by molar-refractivity contribution is 7.99. The average Bonchev–Trinajstić information content (AvgIpc) is 3.02. The predicted octanol–water partition coefficient (Wildman–Crippen LogP) is 0.256. The number of nitrogens with one attached hydrogen (secondary N) is 1. The van der Waals surface area contributed by atoms with Gasteiger partial charge >= 0.3 is 5.69 Å². The maximum absolute atomic E-state index is 12.4. The van der Waals surface area contributed by atoms with Gasteiger partial charge in [0.25, 0.3) is 5.56 Å². The summed E-state index contributed by atoms with van der Waals surface area (Å²) in [5, 5.41) is 20.0. The molecule has 2 heterocycles. The van der Waals surface area contributed by atoms with E-state index in [-0.39, 0.29) is 30.9 Å². The monoisotopic (exact) mass is 406 g/mol. The molecule has 0 amide bonds.